The zero-order valence-corrected chi connectivity index (χ0v) is 11.7. The molecule has 9 heteroatoms. The number of benzene rings is 1. The van der Waals surface area contributed by atoms with Gasteiger partial charge in [0, 0.05) is 17.6 Å². The van der Waals surface area contributed by atoms with E-state index in [-0.39, 0.29) is 11.7 Å². The van der Waals surface area contributed by atoms with Gasteiger partial charge in [0.15, 0.2) is 0 Å². The van der Waals surface area contributed by atoms with E-state index < -0.39 is 12.2 Å². The lowest BCUT2D eigenvalue weighted by Crippen LogP contribution is -2.21. The first-order valence-corrected chi connectivity index (χ1v) is 6.41. The van der Waals surface area contributed by atoms with E-state index in [1.165, 1.54) is 18.6 Å². The minimum absolute atomic E-state index is 0.262. The monoisotopic (exact) mass is 313 g/mol. The molecule has 0 saturated carbocycles. The van der Waals surface area contributed by atoms with Crippen molar-refractivity contribution in [2.45, 2.75) is 0 Å². The van der Waals surface area contributed by atoms with Crippen LogP contribution in [0.4, 0.5) is 15.4 Å². The van der Waals surface area contributed by atoms with Gasteiger partial charge in [0.25, 0.3) is 0 Å². The van der Waals surface area contributed by atoms with E-state index in [4.69, 9.17) is 16.2 Å². The van der Waals surface area contributed by atoms with Gasteiger partial charge in [-0.25, -0.2) is 19.6 Å². The molecule has 4 N–H and O–H groups in total. The number of carbonyl (C=O) groups excluding carboxylic acids is 2. The van der Waals surface area contributed by atoms with Crippen LogP contribution in [0, 0.1) is 0 Å². The fraction of sp³-hybridized carbons (Fsp3) is 0. The van der Waals surface area contributed by atoms with E-state index in [1.807, 2.05) is 0 Å². The van der Waals surface area contributed by atoms with Crippen LogP contribution in [0.1, 0.15) is 0 Å². The molecule has 0 radical (unpaired) electrons. The maximum atomic E-state index is 11.8. The first kappa shape index (κ1) is 14.3. The highest BCUT2D eigenvalue weighted by molar-refractivity contribution is 5.95. The molecule has 0 spiro atoms. The van der Waals surface area contributed by atoms with Crippen LogP contribution in [0.15, 0.2) is 42.9 Å². The molecular formula is C14H11N5O4. The lowest BCUT2D eigenvalue weighted by molar-refractivity contribution is 0.159. The van der Waals surface area contributed by atoms with Crippen molar-refractivity contribution in [3.63, 3.8) is 0 Å². The number of aromatic nitrogens is 3. The van der Waals surface area contributed by atoms with Gasteiger partial charge in [0.2, 0.25) is 5.88 Å². The van der Waals surface area contributed by atoms with Crippen molar-refractivity contribution in [2.24, 2.45) is 5.73 Å². The van der Waals surface area contributed by atoms with Gasteiger partial charge < -0.3 is 20.9 Å². The minimum atomic E-state index is -1.18. The van der Waals surface area contributed by atoms with Crippen LogP contribution in [0.2, 0.25) is 0 Å². The molecule has 0 saturated heterocycles. The predicted octanol–water partition coefficient (Wildman–Crippen LogP) is 1.87. The van der Waals surface area contributed by atoms with E-state index in [0.29, 0.717) is 16.7 Å². The Balaban J connectivity index is 1.98. The minimum Gasteiger partial charge on any atom is -0.438 e. The second-order valence-corrected chi connectivity index (χ2v) is 4.44. The molecule has 0 bridgehead atoms. The summed E-state index contributed by atoms with van der Waals surface area (Å²) in [4.78, 5) is 30.2. The van der Waals surface area contributed by atoms with Crippen molar-refractivity contribution in [2.75, 3.05) is 5.73 Å². The van der Waals surface area contributed by atoms with Gasteiger partial charge >= 0.3 is 12.2 Å². The third-order valence-corrected chi connectivity index (χ3v) is 2.96. The molecule has 0 unspecified atom stereocenters. The molecule has 3 aromatic rings. The van der Waals surface area contributed by atoms with E-state index >= 15 is 0 Å². The number of nitrogens with two attached hydrogens (primary N) is 2. The summed E-state index contributed by atoms with van der Waals surface area (Å²) in [6.07, 6.45) is 0.633. The van der Waals surface area contributed by atoms with Crippen LogP contribution in [0.25, 0.3) is 10.9 Å². The van der Waals surface area contributed by atoms with E-state index in [1.54, 1.807) is 24.3 Å². The zero-order valence-electron chi connectivity index (χ0n) is 11.7. The van der Waals surface area contributed by atoms with Gasteiger partial charge in [0.05, 0.1) is 5.52 Å². The summed E-state index contributed by atoms with van der Waals surface area (Å²) >= 11 is 0. The standard InChI is InChI=1S/C14H11N5O4/c15-11-6-12(18-7-17-11)22-10-3-1-2-9-8(10)4-5-19(9)14(21)23-13(16)20/h1-7H,(H2,16,20)(H2,15,17,18). The third-order valence-electron chi connectivity index (χ3n) is 2.96. The summed E-state index contributed by atoms with van der Waals surface area (Å²) in [6, 6.07) is 8.15. The first-order chi connectivity index (χ1) is 11.0. The maximum Gasteiger partial charge on any atom is 0.427 e. The van der Waals surface area contributed by atoms with Crippen LogP contribution >= 0.6 is 0 Å². The van der Waals surface area contributed by atoms with E-state index in [0.717, 1.165) is 4.57 Å². The summed E-state index contributed by atoms with van der Waals surface area (Å²) in [5, 5.41) is 0.617. The van der Waals surface area contributed by atoms with Crippen molar-refractivity contribution in [1.29, 1.82) is 0 Å². The largest absolute Gasteiger partial charge is 0.438 e. The predicted molar refractivity (Wildman–Crippen MR) is 79.9 cm³/mol. The second-order valence-electron chi connectivity index (χ2n) is 4.44. The molecule has 3 rings (SSSR count). The Morgan fingerprint density at radius 1 is 1.17 bits per heavy atom. The number of nitrogen functional groups attached to an aromatic ring is 1. The number of anilines is 1. The summed E-state index contributed by atoms with van der Waals surface area (Å²) in [6.45, 7) is 0. The quantitative estimate of drug-likeness (QED) is 0.689. The van der Waals surface area contributed by atoms with Gasteiger partial charge in [-0.3, -0.25) is 4.57 Å². The number of hydrogen-bond acceptors (Lipinski definition) is 7. The third kappa shape index (κ3) is 2.88. The van der Waals surface area contributed by atoms with Crippen molar-refractivity contribution in [1.82, 2.24) is 14.5 Å². The first-order valence-electron chi connectivity index (χ1n) is 6.41. The number of primary amides is 1. The summed E-state index contributed by atoms with van der Waals surface area (Å²) in [5.41, 5.74) is 10.9. The summed E-state index contributed by atoms with van der Waals surface area (Å²) < 4.78 is 11.2. The Morgan fingerprint density at radius 2 is 2.00 bits per heavy atom. The molecule has 1 amide bonds. The Labute approximate surface area is 129 Å². The maximum absolute atomic E-state index is 11.8. The van der Waals surface area contributed by atoms with Crippen LogP contribution in [0.5, 0.6) is 11.6 Å². The molecule has 9 nitrogen and oxygen atoms in total. The Kier molecular flexibility index (Phi) is 3.51. The topological polar surface area (TPSA) is 135 Å². The van der Waals surface area contributed by atoms with Gasteiger partial charge in [-0.2, -0.15) is 0 Å². The smallest absolute Gasteiger partial charge is 0.427 e. The normalized spacial score (nSPS) is 10.4. The molecule has 1 aromatic carbocycles. The van der Waals surface area contributed by atoms with Crippen molar-refractivity contribution >= 4 is 28.9 Å². The highest BCUT2D eigenvalue weighted by Gasteiger charge is 2.15. The molecule has 0 fully saturated rings. The van der Waals surface area contributed by atoms with Gasteiger partial charge in [-0.1, -0.05) is 6.07 Å². The molecule has 23 heavy (non-hydrogen) atoms. The molecule has 0 aliphatic heterocycles. The number of carbonyl (C=O) groups is 2. The number of nitrogens with zero attached hydrogens (tertiary/aromatic N) is 3. The number of hydrogen-bond donors (Lipinski definition) is 2. The summed E-state index contributed by atoms with van der Waals surface area (Å²) in [7, 11) is 0. The molecule has 0 aliphatic carbocycles. The van der Waals surface area contributed by atoms with Crippen molar-refractivity contribution in [3.8, 4) is 11.6 Å². The van der Waals surface area contributed by atoms with Crippen LogP contribution in [-0.2, 0) is 4.74 Å². The second kappa shape index (κ2) is 5.64. The van der Waals surface area contributed by atoms with Crippen molar-refractivity contribution in [3.05, 3.63) is 42.9 Å². The van der Waals surface area contributed by atoms with Gasteiger partial charge in [-0.05, 0) is 18.2 Å². The number of amides is 1. The fourth-order valence-electron chi connectivity index (χ4n) is 2.04. The average Bonchev–Trinajstić information content (AvgIpc) is 2.91. The lowest BCUT2D eigenvalue weighted by Gasteiger charge is -2.07. The van der Waals surface area contributed by atoms with E-state index in [9.17, 15) is 9.59 Å². The highest BCUT2D eigenvalue weighted by Crippen LogP contribution is 2.30. The Morgan fingerprint density at radius 3 is 2.74 bits per heavy atom. The average molecular weight is 313 g/mol. The highest BCUT2D eigenvalue weighted by atomic mass is 16.6. The lowest BCUT2D eigenvalue weighted by atomic mass is 10.2. The van der Waals surface area contributed by atoms with Crippen LogP contribution < -0.4 is 16.2 Å². The number of fused-ring (bicyclic) bond motifs is 1. The Bertz CT molecular complexity index is 905. The zero-order chi connectivity index (χ0) is 16.4. The molecule has 116 valence electrons. The SMILES string of the molecule is NC(=O)OC(=O)n1ccc2c(Oc3cc(N)ncn3)cccc21. The van der Waals surface area contributed by atoms with Crippen LogP contribution in [0.3, 0.4) is 0 Å². The molecule has 2 heterocycles. The number of ether oxygens (including phenoxy) is 2. The molecular weight excluding hydrogens is 302 g/mol. The van der Waals surface area contributed by atoms with E-state index in [2.05, 4.69) is 14.7 Å². The summed E-state index contributed by atoms with van der Waals surface area (Å²) in [5.74, 6) is 0.980. The molecule has 0 aliphatic rings. The molecule has 2 aromatic heterocycles. The van der Waals surface area contributed by atoms with Gasteiger partial charge in [0.1, 0.15) is 17.9 Å². The van der Waals surface area contributed by atoms with Crippen LogP contribution in [-0.4, -0.2) is 26.7 Å². The van der Waals surface area contributed by atoms with Gasteiger partial charge in [-0.15, -0.1) is 0 Å². The number of rotatable bonds is 2. The Hall–Kier alpha value is -3.62. The molecule has 0 atom stereocenters. The fourth-order valence-corrected chi connectivity index (χ4v) is 2.04. The van der Waals surface area contributed by atoms with Crippen molar-refractivity contribution < 1.29 is 19.1 Å².